The number of aromatic nitrogens is 2. The minimum absolute atomic E-state index is 0.0649. The van der Waals surface area contributed by atoms with Crippen LogP contribution in [0.3, 0.4) is 0 Å². The number of rotatable bonds is 19. The van der Waals surface area contributed by atoms with Crippen LogP contribution in [-0.4, -0.2) is 62.1 Å². The molecule has 7 aromatic rings. The van der Waals surface area contributed by atoms with E-state index in [-0.39, 0.29) is 29.9 Å². The number of benzene rings is 5. The lowest BCUT2D eigenvalue weighted by atomic mass is 9.96. The highest BCUT2D eigenvalue weighted by Gasteiger charge is 2.27. The van der Waals surface area contributed by atoms with Crippen molar-refractivity contribution >= 4 is 11.8 Å². The van der Waals surface area contributed by atoms with E-state index in [0.717, 1.165) is 52.8 Å². The van der Waals surface area contributed by atoms with Crippen molar-refractivity contribution in [1.29, 1.82) is 0 Å². The van der Waals surface area contributed by atoms with E-state index >= 15 is 0 Å². The van der Waals surface area contributed by atoms with Crippen LogP contribution in [-0.2, 0) is 25.7 Å². The third kappa shape index (κ3) is 15.5. The van der Waals surface area contributed by atoms with Gasteiger partial charge in [-0.3, -0.25) is 19.6 Å². The summed E-state index contributed by atoms with van der Waals surface area (Å²) >= 11 is 0. The third-order valence-electron chi connectivity index (χ3n) is 11.5. The molecule has 5 N–H and O–H groups in total. The summed E-state index contributed by atoms with van der Waals surface area (Å²) in [5.41, 5.74) is 13.0. The SMILES string of the molecule is CCCN(CCC)C(=O)c1cc(C)cc(C(=O)N[C@@H](Cc2cc(F)cc(F)c2)[C@H](O)c2cc(Cc3ccccc3)ccn2)c1.N[C@@H](Cc1cc(F)cc(F)c1)[C@H](O)c1cc(Cc2ccccc2)ccn1. The van der Waals surface area contributed by atoms with Gasteiger partial charge in [0.05, 0.1) is 17.4 Å². The Morgan fingerprint density at radius 3 is 1.51 bits per heavy atom. The summed E-state index contributed by atoms with van der Waals surface area (Å²) < 4.78 is 54.8. The second kappa shape index (κ2) is 25.5. The van der Waals surface area contributed by atoms with E-state index in [4.69, 9.17) is 5.73 Å². The molecule has 13 heteroatoms. The average molecular weight is 954 g/mol. The minimum atomic E-state index is -1.29. The number of carbonyl (C=O) groups is 2. The Morgan fingerprint density at radius 1 is 0.571 bits per heavy atom. The Bertz CT molecular complexity index is 2770. The van der Waals surface area contributed by atoms with Crippen molar-refractivity contribution in [3.05, 3.63) is 237 Å². The van der Waals surface area contributed by atoms with Crippen molar-refractivity contribution in [2.75, 3.05) is 13.1 Å². The van der Waals surface area contributed by atoms with E-state index in [9.17, 15) is 37.4 Å². The topological polar surface area (TPSA) is 142 Å². The number of pyridine rings is 2. The molecular formula is C57H59F4N5O4. The lowest BCUT2D eigenvalue weighted by molar-refractivity contribution is 0.0755. The smallest absolute Gasteiger partial charge is 0.253 e. The Labute approximate surface area is 407 Å². The molecule has 0 aliphatic rings. The molecule has 0 unspecified atom stereocenters. The first-order chi connectivity index (χ1) is 33.7. The molecule has 7 rings (SSSR count). The van der Waals surface area contributed by atoms with Gasteiger partial charge < -0.3 is 26.2 Å². The molecule has 0 aliphatic heterocycles. The number of amides is 2. The standard InChI is InChI=1S/C36H39F2N3O3.C21H20F2N2O/c1-4-13-41(14-5-2)36(44)29-16-24(3)15-28(22-29)35(43)40-33(21-27-18-30(37)23-31(38)19-27)34(42)32-20-26(11-12-39-32)17-25-9-7-6-8-10-25;22-17-9-16(10-18(23)13-17)11-19(24)21(26)20-12-15(6-7-25-20)8-14-4-2-1-3-5-14/h6-12,15-16,18-20,22-23,33-34,42H,4-5,13-14,17,21H2,1-3H3,(H,40,43);1-7,9-10,12-13,19,21,26H,8,11,24H2/t33-,34+;19-,21-/m00/s1. The molecule has 2 heterocycles. The molecule has 0 radical (unpaired) electrons. The molecule has 0 spiro atoms. The molecular weight excluding hydrogens is 895 g/mol. The van der Waals surface area contributed by atoms with Crippen molar-refractivity contribution in [1.82, 2.24) is 20.2 Å². The normalized spacial score (nSPS) is 12.8. The van der Waals surface area contributed by atoms with Crippen LogP contribution in [0.25, 0.3) is 0 Å². The second-order valence-electron chi connectivity index (χ2n) is 17.5. The quantitative estimate of drug-likeness (QED) is 0.0592. The zero-order valence-corrected chi connectivity index (χ0v) is 39.5. The third-order valence-corrected chi connectivity index (χ3v) is 11.5. The van der Waals surface area contributed by atoms with Gasteiger partial charge >= 0.3 is 0 Å². The number of hydrogen-bond donors (Lipinski definition) is 4. The Hall–Kier alpha value is -7.06. The van der Waals surface area contributed by atoms with Gasteiger partial charge in [-0.2, -0.15) is 0 Å². The molecule has 5 aromatic carbocycles. The number of nitrogens with one attached hydrogen (secondary N) is 1. The lowest BCUT2D eigenvalue weighted by Crippen LogP contribution is -2.41. The van der Waals surface area contributed by atoms with Crippen LogP contribution < -0.4 is 11.1 Å². The fourth-order valence-electron chi connectivity index (χ4n) is 8.28. The van der Waals surface area contributed by atoms with E-state index in [1.165, 1.54) is 24.3 Å². The molecule has 0 saturated heterocycles. The summed E-state index contributed by atoms with van der Waals surface area (Å²) in [7, 11) is 0. The summed E-state index contributed by atoms with van der Waals surface area (Å²) in [5, 5.41) is 24.9. The van der Waals surface area contributed by atoms with Crippen molar-refractivity contribution in [3.63, 3.8) is 0 Å². The van der Waals surface area contributed by atoms with Crippen molar-refractivity contribution in [2.45, 2.75) is 83.6 Å². The van der Waals surface area contributed by atoms with Gasteiger partial charge in [-0.05, 0) is 151 Å². The van der Waals surface area contributed by atoms with Crippen LogP contribution >= 0.6 is 0 Å². The molecule has 2 aromatic heterocycles. The highest BCUT2D eigenvalue weighted by molar-refractivity contribution is 6.00. The molecule has 364 valence electrons. The van der Waals surface area contributed by atoms with Crippen LogP contribution in [0.2, 0.25) is 0 Å². The van der Waals surface area contributed by atoms with E-state index in [2.05, 4.69) is 15.3 Å². The Kier molecular flexibility index (Phi) is 19.1. The lowest BCUT2D eigenvalue weighted by Gasteiger charge is -2.25. The number of nitrogens with zero attached hydrogens (tertiary/aromatic N) is 3. The molecule has 2 amide bonds. The predicted octanol–water partition coefficient (Wildman–Crippen LogP) is 10.1. The van der Waals surface area contributed by atoms with Gasteiger partial charge in [-0.25, -0.2) is 17.6 Å². The van der Waals surface area contributed by atoms with E-state index < -0.39 is 53.5 Å². The monoisotopic (exact) mass is 953 g/mol. The highest BCUT2D eigenvalue weighted by atomic mass is 19.1. The first-order valence-electron chi connectivity index (χ1n) is 23.4. The van der Waals surface area contributed by atoms with Gasteiger partial charge in [0.25, 0.3) is 11.8 Å². The number of hydrogen-bond acceptors (Lipinski definition) is 7. The maximum absolute atomic E-state index is 14.1. The summed E-state index contributed by atoms with van der Waals surface area (Å²) in [4.78, 5) is 37.3. The first-order valence-corrected chi connectivity index (χ1v) is 23.4. The fourth-order valence-corrected chi connectivity index (χ4v) is 8.28. The molecule has 70 heavy (non-hydrogen) atoms. The number of aliphatic hydroxyl groups excluding tert-OH is 2. The maximum Gasteiger partial charge on any atom is 0.253 e. The van der Waals surface area contributed by atoms with Gasteiger partial charge in [-0.1, -0.05) is 74.5 Å². The molecule has 9 nitrogen and oxygen atoms in total. The van der Waals surface area contributed by atoms with Crippen LogP contribution in [0, 0.1) is 30.2 Å². The van der Waals surface area contributed by atoms with Crippen molar-refractivity contribution < 1.29 is 37.4 Å². The molecule has 0 aliphatic carbocycles. The van der Waals surface area contributed by atoms with Crippen LogP contribution in [0.15, 0.2) is 152 Å². The van der Waals surface area contributed by atoms with Gasteiger partial charge in [0.2, 0.25) is 0 Å². The zero-order valence-electron chi connectivity index (χ0n) is 39.5. The predicted molar refractivity (Wildman–Crippen MR) is 264 cm³/mol. The summed E-state index contributed by atoms with van der Waals surface area (Å²) in [5.74, 6) is -3.52. The van der Waals surface area contributed by atoms with Gasteiger partial charge in [-0.15, -0.1) is 0 Å². The summed E-state index contributed by atoms with van der Waals surface area (Å²) in [6.45, 7) is 7.04. The second-order valence-corrected chi connectivity index (χ2v) is 17.5. The van der Waals surface area contributed by atoms with Crippen LogP contribution in [0.5, 0.6) is 0 Å². The zero-order chi connectivity index (χ0) is 50.2. The van der Waals surface area contributed by atoms with Gasteiger partial charge in [0.1, 0.15) is 35.5 Å². The summed E-state index contributed by atoms with van der Waals surface area (Å²) in [6, 6.07) is 36.7. The largest absolute Gasteiger partial charge is 0.385 e. The van der Waals surface area contributed by atoms with E-state index in [1.54, 1.807) is 41.6 Å². The van der Waals surface area contributed by atoms with Crippen LogP contribution in [0.1, 0.15) is 110 Å². The molecule has 4 atom stereocenters. The number of halogens is 4. The Morgan fingerprint density at radius 2 is 1.03 bits per heavy atom. The average Bonchev–Trinajstić information content (AvgIpc) is 3.33. The maximum atomic E-state index is 14.1. The molecule has 0 bridgehead atoms. The minimum Gasteiger partial charge on any atom is -0.385 e. The van der Waals surface area contributed by atoms with Gasteiger partial charge in [0, 0.05) is 54.8 Å². The first kappa shape index (κ1) is 52.3. The van der Waals surface area contributed by atoms with E-state index in [1.807, 2.05) is 99.6 Å². The highest BCUT2D eigenvalue weighted by Crippen LogP contribution is 2.24. The fraction of sp³-hybridized carbons (Fsp3) is 0.263. The molecule has 0 saturated carbocycles. The number of aryl methyl sites for hydroxylation is 1. The van der Waals surface area contributed by atoms with E-state index in [0.29, 0.717) is 48.4 Å². The van der Waals surface area contributed by atoms with Crippen LogP contribution in [0.4, 0.5) is 17.6 Å². The number of aliphatic hydroxyl groups is 2. The number of carbonyl (C=O) groups excluding carboxylic acids is 2. The molecule has 0 fully saturated rings. The Balaban J connectivity index is 0.000000262. The number of nitrogens with two attached hydrogens (primary N) is 1. The summed E-state index contributed by atoms with van der Waals surface area (Å²) in [6.07, 6.45) is 3.92. The van der Waals surface area contributed by atoms with Crippen molar-refractivity contribution in [2.24, 2.45) is 5.73 Å². The van der Waals surface area contributed by atoms with Gasteiger partial charge in [0.15, 0.2) is 0 Å². The van der Waals surface area contributed by atoms with Crippen molar-refractivity contribution in [3.8, 4) is 0 Å².